The third kappa shape index (κ3) is 2.88. The van der Waals surface area contributed by atoms with Crippen LogP contribution in [0.5, 0.6) is 5.75 Å². The maximum atomic E-state index is 11.4. The van der Waals surface area contributed by atoms with Gasteiger partial charge in [-0.1, -0.05) is 28.1 Å². The monoisotopic (exact) mass is 334 g/mol. The SMILES string of the molecule is O=C1NCCN1CCOc1ccc2cc(Br)ccc2c1. The quantitative estimate of drug-likeness (QED) is 0.933. The van der Waals surface area contributed by atoms with E-state index in [9.17, 15) is 4.79 Å². The van der Waals surface area contributed by atoms with Crippen molar-refractivity contribution in [1.82, 2.24) is 10.2 Å². The van der Waals surface area contributed by atoms with Gasteiger partial charge in [0.25, 0.3) is 0 Å². The molecule has 2 aromatic rings. The van der Waals surface area contributed by atoms with E-state index in [1.807, 2.05) is 24.3 Å². The summed E-state index contributed by atoms with van der Waals surface area (Å²) < 4.78 is 6.79. The molecule has 5 heteroatoms. The molecular formula is C15H15BrN2O2. The highest BCUT2D eigenvalue weighted by Gasteiger charge is 2.18. The van der Waals surface area contributed by atoms with E-state index in [0.717, 1.165) is 28.7 Å². The molecule has 2 aromatic carbocycles. The molecule has 0 aromatic heterocycles. The molecule has 1 saturated heterocycles. The van der Waals surface area contributed by atoms with Gasteiger partial charge in [0.1, 0.15) is 12.4 Å². The van der Waals surface area contributed by atoms with Crippen LogP contribution >= 0.6 is 15.9 Å². The molecule has 0 saturated carbocycles. The fourth-order valence-electron chi connectivity index (χ4n) is 2.28. The standard InChI is InChI=1S/C15H15BrN2O2/c16-13-3-1-12-10-14(4-2-11(12)9-13)20-8-7-18-6-5-17-15(18)19/h1-4,9-10H,5-8H2,(H,17,19). The van der Waals surface area contributed by atoms with Gasteiger partial charge >= 0.3 is 6.03 Å². The van der Waals surface area contributed by atoms with Gasteiger partial charge < -0.3 is 15.0 Å². The number of amides is 2. The average Bonchev–Trinajstić information content (AvgIpc) is 2.85. The highest BCUT2D eigenvalue weighted by atomic mass is 79.9. The summed E-state index contributed by atoms with van der Waals surface area (Å²) in [5.41, 5.74) is 0. The number of urea groups is 1. The third-order valence-corrected chi connectivity index (χ3v) is 3.84. The summed E-state index contributed by atoms with van der Waals surface area (Å²) in [5.74, 6) is 0.833. The van der Waals surface area contributed by atoms with Crippen molar-refractivity contribution in [2.45, 2.75) is 0 Å². The minimum Gasteiger partial charge on any atom is -0.492 e. The normalized spacial score (nSPS) is 14.7. The lowest BCUT2D eigenvalue weighted by molar-refractivity contribution is 0.202. The summed E-state index contributed by atoms with van der Waals surface area (Å²) in [4.78, 5) is 13.1. The Bertz CT molecular complexity index is 645. The summed E-state index contributed by atoms with van der Waals surface area (Å²) in [6.07, 6.45) is 0. The summed E-state index contributed by atoms with van der Waals surface area (Å²) in [6, 6.07) is 12.2. The number of ether oxygens (including phenoxy) is 1. The van der Waals surface area contributed by atoms with Gasteiger partial charge in [-0.2, -0.15) is 0 Å². The molecule has 104 valence electrons. The van der Waals surface area contributed by atoms with E-state index in [4.69, 9.17) is 4.74 Å². The number of nitrogens with one attached hydrogen (secondary N) is 1. The van der Waals surface area contributed by atoms with Crippen LogP contribution in [0.2, 0.25) is 0 Å². The second-order valence-corrected chi connectivity index (χ2v) is 5.64. The Labute approximate surface area is 125 Å². The van der Waals surface area contributed by atoms with E-state index in [1.165, 1.54) is 5.39 Å². The lowest BCUT2D eigenvalue weighted by atomic mass is 10.1. The number of halogens is 1. The van der Waals surface area contributed by atoms with Crippen LogP contribution < -0.4 is 10.1 Å². The van der Waals surface area contributed by atoms with Gasteiger partial charge in [0, 0.05) is 17.6 Å². The number of carbonyl (C=O) groups is 1. The first-order valence-electron chi connectivity index (χ1n) is 6.57. The summed E-state index contributed by atoms with van der Waals surface area (Å²) in [7, 11) is 0. The molecule has 20 heavy (non-hydrogen) atoms. The first kappa shape index (κ1) is 13.2. The van der Waals surface area contributed by atoms with Crippen molar-refractivity contribution in [3.8, 4) is 5.75 Å². The number of hydrogen-bond donors (Lipinski definition) is 1. The zero-order chi connectivity index (χ0) is 13.9. The summed E-state index contributed by atoms with van der Waals surface area (Å²) in [6.45, 7) is 2.61. The fraction of sp³-hybridized carbons (Fsp3) is 0.267. The van der Waals surface area contributed by atoms with Crippen LogP contribution in [0, 0.1) is 0 Å². The first-order valence-corrected chi connectivity index (χ1v) is 7.36. The largest absolute Gasteiger partial charge is 0.492 e. The molecule has 0 atom stereocenters. The number of hydrogen-bond acceptors (Lipinski definition) is 2. The Morgan fingerprint density at radius 3 is 2.80 bits per heavy atom. The predicted octanol–water partition coefficient (Wildman–Crippen LogP) is 3.01. The van der Waals surface area contributed by atoms with Gasteiger partial charge in [-0.25, -0.2) is 4.79 Å². The maximum Gasteiger partial charge on any atom is 0.317 e. The highest BCUT2D eigenvalue weighted by molar-refractivity contribution is 9.10. The Morgan fingerprint density at radius 2 is 2.00 bits per heavy atom. The third-order valence-electron chi connectivity index (χ3n) is 3.35. The molecule has 0 radical (unpaired) electrons. The fourth-order valence-corrected chi connectivity index (χ4v) is 2.66. The topological polar surface area (TPSA) is 41.6 Å². The minimum absolute atomic E-state index is 0.00281. The Hall–Kier alpha value is -1.75. The minimum atomic E-state index is -0.00281. The molecule has 1 heterocycles. The molecular weight excluding hydrogens is 320 g/mol. The maximum absolute atomic E-state index is 11.4. The molecule has 4 nitrogen and oxygen atoms in total. The van der Waals surface area contributed by atoms with E-state index >= 15 is 0 Å². The smallest absolute Gasteiger partial charge is 0.317 e. The van der Waals surface area contributed by atoms with Crippen LogP contribution in [0.1, 0.15) is 0 Å². The van der Waals surface area contributed by atoms with E-state index in [0.29, 0.717) is 13.2 Å². The number of nitrogens with zero attached hydrogens (tertiary/aromatic N) is 1. The van der Waals surface area contributed by atoms with Gasteiger partial charge in [-0.15, -0.1) is 0 Å². The van der Waals surface area contributed by atoms with Crippen molar-refractivity contribution in [3.05, 3.63) is 40.9 Å². The van der Waals surface area contributed by atoms with Crippen LogP contribution in [0.4, 0.5) is 4.79 Å². The summed E-state index contributed by atoms with van der Waals surface area (Å²) >= 11 is 3.46. The number of carbonyl (C=O) groups excluding carboxylic acids is 1. The molecule has 1 N–H and O–H groups in total. The first-order chi connectivity index (χ1) is 9.72. The second kappa shape index (κ2) is 5.71. The molecule has 1 fully saturated rings. The number of benzene rings is 2. The lowest BCUT2D eigenvalue weighted by Crippen LogP contribution is -2.31. The molecule has 3 rings (SSSR count). The molecule has 1 aliphatic rings. The van der Waals surface area contributed by atoms with Crippen molar-refractivity contribution in [3.63, 3.8) is 0 Å². The van der Waals surface area contributed by atoms with Crippen molar-refractivity contribution in [2.75, 3.05) is 26.2 Å². The van der Waals surface area contributed by atoms with Crippen molar-refractivity contribution in [1.29, 1.82) is 0 Å². The Kier molecular flexibility index (Phi) is 3.78. The van der Waals surface area contributed by atoms with Crippen molar-refractivity contribution in [2.24, 2.45) is 0 Å². The van der Waals surface area contributed by atoms with E-state index in [-0.39, 0.29) is 6.03 Å². The van der Waals surface area contributed by atoms with E-state index < -0.39 is 0 Å². The van der Waals surface area contributed by atoms with E-state index in [1.54, 1.807) is 4.90 Å². The van der Waals surface area contributed by atoms with Crippen molar-refractivity contribution < 1.29 is 9.53 Å². The zero-order valence-electron chi connectivity index (χ0n) is 10.9. The van der Waals surface area contributed by atoms with Crippen LogP contribution in [-0.2, 0) is 0 Å². The Balaban J connectivity index is 1.63. The molecule has 0 aliphatic carbocycles. The van der Waals surface area contributed by atoms with Gasteiger partial charge in [-0.3, -0.25) is 0 Å². The molecule has 1 aliphatic heterocycles. The highest BCUT2D eigenvalue weighted by Crippen LogP contribution is 2.24. The van der Waals surface area contributed by atoms with Crippen LogP contribution in [0.15, 0.2) is 40.9 Å². The second-order valence-electron chi connectivity index (χ2n) is 4.72. The zero-order valence-corrected chi connectivity index (χ0v) is 12.5. The van der Waals surface area contributed by atoms with Crippen LogP contribution in [-0.4, -0.2) is 37.2 Å². The van der Waals surface area contributed by atoms with Crippen LogP contribution in [0.25, 0.3) is 10.8 Å². The van der Waals surface area contributed by atoms with Crippen molar-refractivity contribution >= 4 is 32.7 Å². The van der Waals surface area contributed by atoms with E-state index in [2.05, 4.69) is 33.4 Å². The molecule has 0 unspecified atom stereocenters. The Morgan fingerprint density at radius 1 is 1.20 bits per heavy atom. The molecule has 0 bridgehead atoms. The average molecular weight is 335 g/mol. The van der Waals surface area contributed by atoms with Gasteiger partial charge in [0.15, 0.2) is 0 Å². The number of fused-ring (bicyclic) bond motifs is 1. The van der Waals surface area contributed by atoms with Gasteiger partial charge in [-0.05, 0) is 35.0 Å². The lowest BCUT2D eigenvalue weighted by Gasteiger charge is -2.14. The number of rotatable bonds is 4. The van der Waals surface area contributed by atoms with Gasteiger partial charge in [0.2, 0.25) is 0 Å². The molecule has 2 amide bonds. The van der Waals surface area contributed by atoms with Gasteiger partial charge in [0.05, 0.1) is 6.54 Å². The predicted molar refractivity (Wildman–Crippen MR) is 82.1 cm³/mol. The van der Waals surface area contributed by atoms with Crippen LogP contribution in [0.3, 0.4) is 0 Å². The summed E-state index contributed by atoms with van der Waals surface area (Å²) in [5, 5.41) is 5.09. The molecule has 0 spiro atoms.